The summed E-state index contributed by atoms with van der Waals surface area (Å²) in [6, 6.07) is 11.8. The number of rotatable bonds is 5. The van der Waals surface area contributed by atoms with E-state index in [9.17, 15) is 9.18 Å². The number of carbonyl (C=O) groups excluding carboxylic acids is 1. The van der Waals surface area contributed by atoms with E-state index in [1.807, 2.05) is 18.2 Å². The summed E-state index contributed by atoms with van der Waals surface area (Å²) in [7, 11) is 1.34. The van der Waals surface area contributed by atoms with Gasteiger partial charge in [-0.05, 0) is 28.8 Å². The Kier molecular flexibility index (Phi) is 5.43. The Morgan fingerprint density at radius 3 is 2.54 bits per heavy atom. The summed E-state index contributed by atoms with van der Waals surface area (Å²) in [5, 5.41) is 0.361. The molecule has 0 radical (unpaired) electrons. The minimum Gasteiger partial charge on any atom is -0.469 e. The van der Waals surface area contributed by atoms with E-state index < -0.39 is 5.82 Å². The first-order valence-corrected chi connectivity index (χ1v) is 8.04. The first kappa shape index (κ1) is 17.8. The lowest BCUT2D eigenvalue weighted by Gasteiger charge is -2.08. The van der Waals surface area contributed by atoms with Gasteiger partial charge >= 0.3 is 12.0 Å². The lowest BCUT2D eigenvalue weighted by Crippen LogP contribution is -2.04. The van der Waals surface area contributed by atoms with Crippen LogP contribution in [0.5, 0.6) is 11.8 Å². The molecule has 0 saturated heterocycles. The molecule has 7 heteroatoms. The maximum Gasteiger partial charge on any atom is 0.322 e. The van der Waals surface area contributed by atoms with Crippen molar-refractivity contribution in [1.29, 1.82) is 0 Å². The number of aromatic nitrogens is 2. The van der Waals surface area contributed by atoms with E-state index in [-0.39, 0.29) is 24.2 Å². The van der Waals surface area contributed by atoms with Crippen LogP contribution in [0.1, 0.15) is 5.56 Å². The number of hydrogen-bond acceptors (Lipinski definition) is 5. The second-order valence-electron chi connectivity index (χ2n) is 5.38. The largest absolute Gasteiger partial charge is 0.469 e. The highest BCUT2D eigenvalue weighted by molar-refractivity contribution is 6.30. The van der Waals surface area contributed by atoms with Gasteiger partial charge in [0.05, 0.1) is 30.9 Å². The predicted octanol–water partition coefficient (Wildman–Crippen LogP) is 4.44. The molecular formula is C19H14ClFN2O3. The first-order valence-electron chi connectivity index (χ1n) is 7.66. The average Bonchev–Trinajstić information content (AvgIpc) is 2.65. The van der Waals surface area contributed by atoms with Crippen LogP contribution in [-0.4, -0.2) is 23.0 Å². The maximum atomic E-state index is 14.4. The Morgan fingerprint density at radius 1 is 1.12 bits per heavy atom. The van der Waals surface area contributed by atoms with Gasteiger partial charge in [0, 0.05) is 0 Å². The molecule has 0 aliphatic rings. The molecule has 132 valence electrons. The van der Waals surface area contributed by atoms with E-state index in [2.05, 4.69) is 14.7 Å². The van der Waals surface area contributed by atoms with Crippen LogP contribution in [0.25, 0.3) is 11.1 Å². The van der Waals surface area contributed by atoms with E-state index >= 15 is 0 Å². The third kappa shape index (κ3) is 4.34. The SMILES string of the molecule is COC(=O)Cc1cccc(-c2ccc(Oc3ncc(Cl)cn3)c(F)c2)c1. The third-order valence-corrected chi connectivity index (χ3v) is 3.76. The molecule has 3 rings (SSSR count). The van der Waals surface area contributed by atoms with Gasteiger partial charge in [0.1, 0.15) is 0 Å². The monoisotopic (exact) mass is 372 g/mol. The number of halogens is 2. The van der Waals surface area contributed by atoms with E-state index in [1.165, 1.54) is 31.6 Å². The Bertz CT molecular complexity index is 932. The zero-order valence-corrected chi connectivity index (χ0v) is 14.5. The summed E-state index contributed by atoms with van der Waals surface area (Å²) in [5.74, 6) is -0.888. The van der Waals surface area contributed by atoms with Crippen molar-refractivity contribution in [2.75, 3.05) is 7.11 Å². The van der Waals surface area contributed by atoms with Gasteiger partial charge in [-0.2, -0.15) is 0 Å². The second kappa shape index (κ2) is 7.93. The van der Waals surface area contributed by atoms with Crippen molar-refractivity contribution in [2.24, 2.45) is 0 Å². The van der Waals surface area contributed by atoms with E-state index in [0.717, 1.165) is 11.1 Å². The number of benzene rings is 2. The lowest BCUT2D eigenvalue weighted by atomic mass is 10.0. The smallest absolute Gasteiger partial charge is 0.322 e. The van der Waals surface area contributed by atoms with Gasteiger partial charge in [-0.15, -0.1) is 0 Å². The van der Waals surface area contributed by atoms with Crippen LogP contribution in [0.15, 0.2) is 54.9 Å². The van der Waals surface area contributed by atoms with Crippen LogP contribution in [0.4, 0.5) is 4.39 Å². The molecule has 0 amide bonds. The summed E-state index contributed by atoms with van der Waals surface area (Å²) in [4.78, 5) is 19.1. The third-order valence-electron chi connectivity index (χ3n) is 3.57. The van der Waals surface area contributed by atoms with Crippen LogP contribution in [-0.2, 0) is 16.0 Å². The normalized spacial score (nSPS) is 10.4. The fourth-order valence-corrected chi connectivity index (χ4v) is 2.41. The van der Waals surface area contributed by atoms with E-state index in [0.29, 0.717) is 10.6 Å². The number of nitrogens with zero attached hydrogens (tertiary/aromatic N) is 2. The maximum absolute atomic E-state index is 14.4. The van der Waals surface area contributed by atoms with Crippen molar-refractivity contribution < 1.29 is 18.7 Å². The van der Waals surface area contributed by atoms with Crippen molar-refractivity contribution in [2.45, 2.75) is 6.42 Å². The zero-order chi connectivity index (χ0) is 18.5. The Morgan fingerprint density at radius 2 is 1.85 bits per heavy atom. The van der Waals surface area contributed by atoms with E-state index in [1.54, 1.807) is 12.1 Å². The van der Waals surface area contributed by atoms with Crippen molar-refractivity contribution >= 4 is 17.6 Å². The van der Waals surface area contributed by atoms with Crippen LogP contribution in [0.2, 0.25) is 5.02 Å². The Balaban J connectivity index is 1.82. The molecule has 3 aromatic rings. The van der Waals surface area contributed by atoms with Gasteiger partial charge in [-0.25, -0.2) is 14.4 Å². The summed E-state index contributed by atoms with van der Waals surface area (Å²) in [6.07, 6.45) is 2.88. The standard InChI is InChI=1S/C19H14ClFN2O3/c1-25-18(24)8-12-3-2-4-13(7-12)14-5-6-17(16(21)9-14)26-19-22-10-15(20)11-23-19/h2-7,9-11H,8H2,1H3. The number of methoxy groups -OCH3 is 1. The molecule has 0 aliphatic carbocycles. The molecule has 0 N–H and O–H groups in total. The fraction of sp³-hybridized carbons (Fsp3) is 0.105. The molecule has 0 fully saturated rings. The van der Waals surface area contributed by atoms with Gasteiger partial charge < -0.3 is 9.47 Å². The minimum absolute atomic E-state index is 0.00104. The number of hydrogen-bond donors (Lipinski definition) is 0. The van der Waals surface area contributed by atoms with Crippen molar-refractivity contribution in [3.63, 3.8) is 0 Å². The minimum atomic E-state index is -0.556. The highest BCUT2D eigenvalue weighted by Gasteiger charge is 2.10. The number of esters is 1. The van der Waals surface area contributed by atoms with Crippen molar-refractivity contribution in [3.8, 4) is 22.9 Å². The highest BCUT2D eigenvalue weighted by atomic mass is 35.5. The molecule has 0 bridgehead atoms. The van der Waals surface area contributed by atoms with E-state index in [4.69, 9.17) is 16.3 Å². The Hall–Kier alpha value is -2.99. The van der Waals surface area contributed by atoms with Crippen LogP contribution in [0, 0.1) is 5.82 Å². The van der Waals surface area contributed by atoms with Crippen LogP contribution >= 0.6 is 11.6 Å². The molecule has 1 heterocycles. The fourth-order valence-electron chi connectivity index (χ4n) is 2.31. The summed E-state index contributed by atoms with van der Waals surface area (Å²) < 4.78 is 24.4. The van der Waals surface area contributed by atoms with Gasteiger partial charge in [-0.1, -0.05) is 41.9 Å². The molecule has 0 saturated carbocycles. The molecule has 0 unspecified atom stereocenters. The van der Waals surface area contributed by atoms with Crippen LogP contribution < -0.4 is 4.74 Å². The van der Waals surface area contributed by atoms with Crippen molar-refractivity contribution in [3.05, 3.63) is 71.3 Å². The molecule has 0 spiro atoms. The van der Waals surface area contributed by atoms with Gasteiger partial charge in [0.2, 0.25) is 0 Å². The summed E-state index contributed by atoms with van der Waals surface area (Å²) in [6.45, 7) is 0. The molecule has 0 atom stereocenters. The Labute approximate surface area is 154 Å². The molecule has 2 aromatic carbocycles. The quantitative estimate of drug-likeness (QED) is 0.619. The van der Waals surface area contributed by atoms with Crippen molar-refractivity contribution in [1.82, 2.24) is 9.97 Å². The van der Waals surface area contributed by atoms with Gasteiger partial charge in [0.25, 0.3) is 0 Å². The molecular weight excluding hydrogens is 359 g/mol. The molecule has 5 nitrogen and oxygen atoms in total. The molecule has 26 heavy (non-hydrogen) atoms. The lowest BCUT2D eigenvalue weighted by molar-refractivity contribution is -0.139. The average molecular weight is 373 g/mol. The molecule has 1 aromatic heterocycles. The predicted molar refractivity (Wildman–Crippen MR) is 94.7 cm³/mol. The summed E-state index contributed by atoms with van der Waals surface area (Å²) >= 11 is 5.70. The van der Waals surface area contributed by atoms with Crippen LogP contribution in [0.3, 0.4) is 0 Å². The first-order chi connectivity index (χ1) is 12.5. The number of carbonyl (C=O) groups is 1. The highest BCUT2D eigenvalue weighted by Crippen LogP contribution is 2.28. The topological polar surface area (TPSA) is 61.3 Å². The molecule has 0 aliphatic heterocycles. The number of ether oxygens (including phenoxy) is 2. The second-order valence-corrected chi connectivity index (χ2v) is 5.82. The zero-order valence-electron chi connectivity index (χ0n) is 13.8. The summed E-state index contributed by atoms with van der Waals surface area (Å²) in [5.41, 5.74) is 2.21. The van der Waals surface area contributed by atoms with Gasteiger partial charge in [-0.3, -0.25) is 4.79 Å². The van der Waals surface area contributed by atoms with Gasteiger partial charge in [0.15, 0.2) is 11.6 Å².